The van der Waals surface area contributed by atoms with Crippen molar-refractivity contribution in [3.05, 3.63) is 54.0 Å². The van der Waals surface area contributed by atoms with Gasteiger partial charge in [0.1, 0.15) is 23.5 Å². The van der Waals surface area contributed by atoms with Crippen LogP contribution >= 0.6 is 0 Å². The minimum absolute atomic E-state index is 0.00664. The number of hydrogen-bond donors (Lipinski definition) is 2. The Morgan fingerprint density at radius 3 is 2.45 bits per heavy atom. The smallest absolute Gasteiger partial charge is 0.372 e. The number of anilines is 1. The summed E-state index contributed by atoms with van der Waals surface area (Å²) in [6.07, 6.45) is -6.77. The molecule has 0 saturated heterocycles. The third kappa shape index (κ3) is 5.25. The molecule has 4 rings (SSSR count). The van der Waals surface area contributed by atoms with Crippen LogP contribution < -0.4 is 5.32 Å². The predicted molar refractivity (Wildman–Crippen MR) is 115 cm³/mol. The summed E-state index contributed by atoms with van der Waals surface area (Å²) in [6, 6.07) is 2.82. The number of aromatic nitrogens is 5. The zero-order valence-corrected chi connectivity index (χ0v) is 19.3. The molecule has 0 radical (unpaired) electrons. The maximum atomic E-state index is 14.5. The number of aliphatic hydroxyl groups is 1. The van der Waals surface area contributed by atoms with Gasteiger partial charge in [0.05, 0.1) is 25.0 Å². The van der Waals surface area contributed by atoms with Crippen LogP contribution in [0.25, 0.3) is 22.9 Å². The molecule has 1 unspecified atom stereocenters. The topological polar surface area (TPSA) is 102 Å². The molecule has 3 aromatic heterocycles. The summed E-state index contributed by atoms with van der Waals surface area (Å²) < 4.78 is 113. The van der Waals surface area contributed by atoms with Crippen molar-refractivity contribution in [1.29, 1.82) is 0 Å². The van der Waals surface area contributed by atoms with Crippen LogP contribution in [0.3, 0.4) is 0 Å². The van der Waals surface area contributed by atoms with Gasteiger partial charge in [0, 0.05) is 11.6 Å². The van der Waals surface area contributed by atoms with Crippen LogP contribution in [0, 0.1) is 11.7 Å². The van der Waals surface area contributed by atoms with Crippen molar-refractivity contribution in [2.24, 2.45) is 5.92 Å². The molecule has 204 valence electrons. The molecule has 1 atom stereocenters. The third-order valence-corrected chi connectivity index (χ3v) is 5.70. The molecule has 16 heteroatoms. The van der Waals surface area contributed by atoms with E-state index in [1.54, 1.807) is 11.4 Å². The Balaban J connectivity index is 1.67. The summed E-state index contributed by atoms with van der Waals surface area (Å²) in [5.41, 5.74) is -4.40. The zero-order valence-electron chi connectivity index (χ0n) is 19.3. The minimum Gasteiger partial charge on any atom is -0.372 e. The van der Waals surface area contributed by atoms with Gasteiger partial charge < -0.3 is 14.9 Å². The first kappa shape index (κ1) is 27.2. The van der Waals surface area contributed by atoms with Crippen molar-refractivity contribution >= 4 is 5.82 Å². The van der Waals surface area contributed by atoms with E-state index in [4.69, 9.17) is 4.52 Å². The van der Waals surface area contributed by atoms with E-state index < -0.39 is 42.0 Å². The number of alkyl halides is 6. The van der Waals surface area contributed by atoms with Crippen molar-refractivity contribution < 1.29 is 44.8 Å². The molecule has 8 nitrogen and oxygen atoms in total. The first-order chi connectivity index (χ1) is 17.7. The molecule has 1 aliphatic carbocycles. The molecule has 0 spiro atoms. The number of nitrogens with zero attached hydrogens (tertiary/aromatic N) is 5. The van der Waals surface area contributed by atoms with E-state index in [0.717, 1.165) is 0 Å². The van der Waals surface area contributed by atoms with E-state index in [1.807, 2.05) is 6.92 Å². The van der Waals surface area contributed by atoms with Gasteiger partial charge in [-0.25, -0.2) is 18.7 Å². The molecular weight excluding hydrogens is 532 g/mol. The molecule has 0 amide bonds. The van der Waals surface area contributed by atoms with E-state index in [1.165, 1.54) is 29.2 Å². The summed E-state index contributed by atoms with van der Waals surface area (Å²) in [7, 11) is 0. The summed E-state index contributed by atoms with van der Waals surface area (Å²) in [6.45, 7) is -0.417. The summed E-state index contributed by atoms with van der Waals surface area (Å²) in [5.74, 6) is -3.28. The SMILES string of the molecule is CC1C=C(F)C(Cn2nc(-c3ncc(F)c(NCC(O)(C(F)(F)F)C(F)(F)F)n3)cc2-c2ccon2)=CC1. The van der Waals surface area contributed by atoms with Gasteiger partial charge in [-0.2, -0.15) is 31.4 Å². The number of allylic oxidation sites excluding steroid dienone is 4. The summed E-state index contributed by atoms with van der Waals surface area (Å²) >= 11 is 0. The highest BCUT2D eigenvalue weighted by Gasteiger charge is 2.70. The monoisotopic (exact) mass is 550 g/mol. The van der Waals surface area contributed by atoms with Gasteiger partial charge in [-0.1, -0.05) is 18.2 Å². The quantitative estimate of drug-likeness (QED) is 0.389. The van der Waals surface area contributed by atoms with E-state index >= 15 is 0 Å². The molecule has 0 aromatic carbocycles. The van der Waals surface area contributed by atoms with Crippen LogP contribution in [0.1, 0.15) is 13.3 Å². The van der Waals surface area contributed by atoms with Gasteiger partial charge in [0.25, 0.3) is 5.60 Å². The van der Waals surface area contributed by atoms with E-state index in [9.17, 15) is 40.2 Å². The lowest BCUT2D eigenvalue weighted by molar-refractivity contribution is -0.362. The highest BCUT2D eigenvalue weighted by atomic mass is 19.4. The van der Waals surface area contributed by atoms with Crippen molar-refractivity contribution in [3.8, 4) is 22.9 Å². The van der Waals surface area contributed by atoms with Gasteiger partial charge in [0.2, 0.25) is 0 Å². The fourth-order valence-corrected chi connectivity index (χ4v) is 3.54. The third-order valence-electron chi connectivity index (χ3n) is 5.70. The number of halogens is 8. The Kier molecular flexibility index (Phi) is 7.03. The lowest BCUT2D eigenvalue weighted by Gasteiger charge is -2.32. The Labute approximate surface area is 208 Å². The van der Waals surface area contributed by atoms with E-state index in [0.29, 0.717) is 18.2 Å². The molecule has 3 aromatic rings. The second kappa shape index (κ2) is 9.81. The summed E-state index contributed by atoms with van der Waals surface area (Å²) in [4.78, 5) is 7.36. The van der Waals surface area contributed by atoms with Crippen molar-refractivity contribution in [2.75, 3.05) is 11.9 Å². The summed E-state index contributed by atoms with van der Waals surface area (Å²) in [5, 5.41) is 18.9. The molecule has 0 saturated carbocycles. The normalized spacial score (nSPS) is 16.8. The van der Waals surface area contributed by atoms with Crippen LogP contribution in [0.2, 0.25) is 0 Å². The van der Waals surface area contributed by atoms with E-state index in [2.05, 4.69) is 20.2 Å². The van der Waals surface area contributed by atoms with Crippen LogP contribution in [0.5, 0.6) is 0 Å². The van der Waals surface area contributed by atoms with E-state index in [-0.39, 0.29) is 35.4 Å². The average Bonchev–Trinajstić information content (AvgIpc) is 3.49. The van der Waals surface area contributed by atoms with Gasteiger partial charge in [-0.15, -0.1) is 0 Å². The Hall–Kier alpha value is -3.82. The lowest BCUT2D eigenvalue weighted by Crippen LogP contribution is -2.61. The second-order valence-corrected chi connectivity index (χ2v) is 8.51. The highest BCUT2D eigenvalue weighted by molar-refractivity contribution is 5.63. The molecule has 0 bridgehead atoms. The first-order valence-corrected chi connectivity index (χ1v) is 10.9. The van der Waals surface area contributed by atoms with Crippen LogP contribution in [-0.2, 0) is 6.54 Å². The molecule has 38 heavy (non-hydrogen) atoms. The van der Waals surface area contributed by atoms with Crippen molar-refractivity contribution in [1.82, 2.24) is 24.9 Å². The molecule has 3 heterocycles. The molecule has 2 N–H and O–H groups in total. The second-order valence-electron chi connectivity index (χ2n) is 8.51. The van der Waals surface area contributed by atoms with Crippen LogP contribution in [0.15, 0.2) is 52.7 Å². The van der Waals surface area contributed by atoms with Crippen LogP contribution in [-0.4, -0.2) is 54.5 Å². The molecule has 0 fully saturated rings. The van der Waals surface area contributed by atoms with Gasteiger partial charge >= 0.3 is 12.4 Å². The predicted octanol–water partition coefficient (Wildman–Crippen LogP) is 5.22. The maximum Gasteiger partial charge on any atom is 0.428 e. The molecule has 1 aliphatic rings. The molecule has 0 aliphatic heterocycles. The largest absolute Gasteiger partial charge is 0.428 e. The van der Waals surface area contributed by atoms with Gasteiger partial charge in [0.15, 0.2) is 17.5 Å². The maximum absolute atomic E-state index is 14.5. The fraction of sp³-hybridized carbons (Fsp3) is 0.364. The van der Waals surface area contributed by atoms with Crippen LogP contribution in [0.4, 0.5) is 40.9 Å². The molecular formula is C22H18F8N6O2. The Morgan fingerprint density at radius 1 is 1.13 bits per heavy atom. The van der Waals surface area contributed by atoms with Crippen molar-refractivity contribution in [2.45, 2.75) is 37.8 Å². The van der Waals surface area contributed by atoms with Gasteiger partial charge in [-0.3, -0.25) is 4.68 Å². The number of nitrogens with one attached hydrogen (secondary N) is 1. The Morgan fingerprint density at radius 2 is 1.84 bits per heavy atom. The zero-order chi connectivity index (χ0) is 27.9. The minimum atomic E-state index is -6.12. The number of rotatable bonds is 7. The lowest BCUT2D eigenvalue weighted by atomic mass is 9.97. The highest BCUT2D eigenvalue weighted by Crippen LogP contribution is 2.43. The first-order valence-electron chi connectivity index (χ1n) is 10.9. The van der Waals surface area contributed by atoms with Crippen molar-refractivity contribution in [3.63, 3.8) is 0 Å². The Bertz CT molecular complexity index is 1350. The standard InChI is InChI=1S/C22H18F8N6O2/c1-11-2-3-12(13(23)6-11)9-36-17(15-4-5-38-35-15)7-16(34-36)19-31-8-14(24)18(33-19)32-10-20(37,21(25,26)27)22(28,29)30/h3-8,11,37H,2,9-10H2,1H3,(H,31,32,33). The fourth-order valence-electron chi connectivity index (χ4n) is 3.54. The van der Waals surface area contributed by atoms with Gasteiger partial charge in [-0.05, 0) is 24.5 Å². The average molecular weight is 550 g/mol. The number of hydrogen-bond acceptors (Lipinski definition) is 7.